The van der Waals surface area contributed by atoms with Crippen molar-refractivity contribution in [1.82, 2.24) is 15.1 Å². The Morgan fingerprint density at radius 3 is 3.00 bits per heavy atom. The maximum Gasteiger partial charge on any atom is 0.339 e. The lowest BCUT2D eigenvalue weighted by Crippen LogP contribution is -2.20. The standard InChI is InChI=1S/C10H10N4O/c11-10(15)14-7-5-9(13-14)8-4-2-1-3-6-12-8/h1-7,12H,(H2,11,15). The molecule has 1 aromatic heterocycles. The van der Waals surface area contributed by atoms with Crippen molar-refractivity contribution >= 4 is 11.7 Å². The van der Waals surface area contributed by atoms with E-state index in [0.717, 1.165) is 10.4 Å². The van der Waals surface area contributed by atoms with Crippen LogP contribution in [0.4, 0.5) is 4.79 Å². The predicted octanol–water partition coefficient (Wildman–Crippen LogP) is 0.824. The first-order valence-electron chi connectivity index (χ1n) is 4.43. The predicted molar refractivity (Wildman–Crippen MR) is 56.6 cm³/mol. The van der Waals surface area contributed by atoms with Gasteiger partial charge in [-0.3, -0.25) is 0 Å². The normalized spacial score (nSPS) is 14.3. The van der Waals surface area contributed by atoms with Crippen molar-refractivity contribution in [3.8, 4) is 0 Å². The van der Waals surface area contributed by atoms with Crippen LogP contribution in [-0.2, 0) is 0 Å². The molecule has 0 spiro atoms. The number of aromatic nitrogens is 2. The monoisotopic (exact) mass is 202 g/mol. The van der Waals surface area contributed by atoms with Crippen molar-refractivity contribution in [1.29, 1.82) is 0 Å². The molecule has 0 bridgehead atoms. The van der Waals surface area contributed by atoms with E-state index in [4.69, 9.17) is 5.73 Å². The quantitative estimate of drug-likeness (QED) is 0.708. The smallest absolute Gasteiger partial charge is 0.339 e. The van der Waals surface area contributed by atoms with Crippen molar-refractivity contribution in [3.63, 3.8) is 0 Å². The zero-order valence-corrected chi connectivity index (χ0v) is 7.92. The summed E-state index contributed by atoms with van der Waals surface area (Å²) in [7, 11) is 0. The zero-order valence-electron chi connectivity index (χ0n) is 7.92. The zero-order chi connectivity index (χ0) is 10.7. The second-order valence-electron chi connectivity index (χ2n) is 2.95. The van der Waals surface area contributed by atoms with E-state index in [2.05, 4.69) is 10.4 Å². The summed E-state index contributed by atoms with van der Waals surface area (Å²) >= 11 is 0. The van der Waals surface area contributed by atoms with Gasteiger partial charge in [0.25, 0.3) is 0 Å². The molecule has 1 aromatic rings. The van der Waals surface area contributed by atoms with Crippen LogP contribution in [0.2, 0.25) is 0 Å². The third-order valence-corrected chi connectivity index (χ3v) is 1.91. The third kappa shape index (κ3) is 1.96. The van der Waals surface area contributed by atoms with Crippen LogP contribution in [0, 0.1) is 0 Å². The number of carbonyl (C=O) groups is 1. The molecule has 0 atom stereocenters. The molecule has 0 radical (unpaired) electrons. The minimum Gasteiger partial charge on any atom is -0.360 e. The molecule has 76 valence electrons. The molecule has 0 unspecified atom stereocenters. The molecule has 1 amide bonds. The van der Waals surface area contributed by atoms with Gasteiger partial charge in [0.2, 0.25) is 0 Å². The molecule has 0 saturated carbocycles. The van der Waals surface area contributed by atoms with Gasteiger partial charge >= 0.3 is 6.03 Å². The minimum absolute atomic E-state index is 0.596. The highest BCUT2D eigenvalue weighted by Crippen LogP contribution is 2.10. The molecule has 0 aromatic carbocycles. The number of amides is 1. The SMILES string of the molecule is NC(=O)n1ccc(C2=CC=CC=CN2)n1. The number of allylic oxidation sites excluding steroid dienone is 4. The van der Waals surface area contributed by atoms with Gasteiger partial charge in [-0.05, 0) is 18.2 Å². The highest BCUT2D eigenvalue weighted by molar-refractivity contribution is 5.74. The summed E-state index contributed by atoms with van der Waals surface area (Å²) in [6.45, 7) is 0. The fourth-order valence-corrected chi connectivity index (χ4v) is 1.21. The van der Waals surface area contributed by atoms with Crippen LogP contribution in [0.3, 0.4) is 0 Å². The summed E-state index contributed by atoms with van der Waals surface area (Å²) in [5.41, 5.74) is 6.57. The molecular weight excluding hydrogens is 192 g/mol. The van der Waals surface area contributed by atoms with E-state index < -0.39 is 6.03 Å². The lowest BCUT2D eigenvalue weighted by molar-refractivity contribution is 0.247. The Morgan fingerprint density at radius 1 is 1.40 bits per heavy atom. The highest BCUT2D eigenvalue weighted by atomic mass is 16.2. The van der Waals surface area contributed by atoms with Crippen molar-refractivity contribution in [2.24, 2.45) is 5.73 Å². The van der Waals surface area contributed by atoms with E-state index in [9.17, 15) is 4.79 Å². The first kappa shape index (κ1) is 9.26. The first-order valence-corrected chi connectivity index (χ1v) is 4.43. The van der Waals surface area contributed by atoms with Crippen LogP contribution in [0.5, 0.6) is 0 Å². The second kappa shape index (κ2) is 3.83. The summed E-state index contributed by atoms with van der Waals surface area (Å²) < 4.78 is 1.09. The minimum atomic E-state index is -0.596. The van der Waals surface area contributed by atoms with E-state index in [0.29, 0.717) is 5.69 Å². The summed E-state index contributed by atoms with van der Waals surface area (Å²) in [6, 6.07) is 1.12. The number of nitrogens with two attached hydrogens (primary N) is 1. The van der Waals surface area contributed by atoms with Crippen LogP contribution >= 0.6 is 0 Å². The van der Waals surface area contributed by atoms with Gasteiger partial charge in [-0.25, -0.2) is 4.79 Å². The van der Waals surface area contributed by atoms with Crippen molar-refractivity contribution in [3.05, 3.63) is 48.5 Å². The van der Waals surface area contributed by atoms with E-state index in [-0.39, 0.29) is 0 Å². The van der Waals surface area contributed by atoms with Gasteiger partial charge in [0.05, 0.1) is 5.70 Å². The number of nitrogens with one attached hydrogen (secondary N) is 1. The summed E-state index contributed by atoms with van der Waals surface area (Å²) in [4.78, 5) is 10.8. The lowest BCUT2D eigenvalue weighted by atomic mass is 10.3. The number of nitrogens with zero attached hydrogens (tertiary/aromatic N) is 2. The van der Waals surface area contributed by atoms with E-state index in [1.54, 1.807) is 12.3 Å². The molecule has 0 fully saturated rings. The Kier molecular flexibility index (Phi) is 2.37. The first-order chi connectivity index (χ1) is 7.27. The van der Waals surface area contributed by atoms with Crippen LogP contribution in [0.25, 0.3) is 5.70 Å². The van der Waals surface area contributed by atoms with E-state index >= 15 is 0 Å². The molecule has 0 saturated heterocycles. The molecule has 5 nitrogen and oxygen atoms in total. The van der Waals surface area contributed by atoms with Crippen LogP contribution in [-0.4, -0.2) is 15.8 Å². The molecule has 0 aliphatic carbocycles. The van der Waals surface area contributed by atoms with Gasteiger partial charge < -0.3 is 11.1 Å². The molecule has 3 N–H and O–H groups in total. The number of carbonyl (C=O) groups excluding carboxylic acids is 1. The second-order valence-corrected chi connectivity index (χ2v) is 2.95. The Bertz CT molecular complexity index is 468. The van der Waals surface area contributed by atoms with Crippen molar-refractivity contribution in [2.45, 2.75) is 0 Å². The van der Waals surface area contributed by atoms with Gasteiger partial charge in [0, 0.05) is 12.4 Å². The van der Waals surface area contributed by atoms with Crippen LogP contribution in [0.15, 0.2) is 42.8 Å². The van der Waals surface area contributed by atoms with Crippen LogP contribution in [0.1, 0.15) is 5.69 Å². The fraction of sp³-hybridized carbons (Fsp3) is 0. The van der Waals surface area contributed by atoms with E-state index in [1.165, 1.54) is 6.20 Å². The summed E-state index contributed by atoms with van der Waals surface area (Å²) in [5.74, 6) is 0. The maximum absolute atomic E-state index is 10.8. The maximum atomic E-state index is 10.8. The van der Waals surface area contributed by atoms with Gasteiger partial charge in [-0.1, -0.05) is 12.2 Å². The average molecular weight is 202 g/mol. The van der Waals surface area contributed by atoms with Gasteiger partial charge in [-0.2, -0.15) is 9.78 Å². The molecule has 2 rings (SSSR count). The molecule has 15 heavy (non-hydrogen) atoms. The fourth-order valence-electron chi connectivity index (χ4n) is 1.21. The molecule has 1 aliphatic heterocycles. The summed E-state index contributed by atoms with van der Waals surface area (Å²) in [5, 5.41) is 7.06. The Labute approximate surface area is 86.6 Å². The molecule has 1 aliphatic rings. The van der Waals surface area contributed by atoms with Crippen molar-refractivity contribution < 1.29 is 4.79 Å². The van der Waals surface area contributed by atoms with Gasteiger partial charge in [0.15, 0.2) is 0 Å². The van der Waals surface area contributed by atoms with E-state index in [1.807, 2.05) is 24.3 Å². The molecule has 2 heterocycles. The number of hydrogen-bond acceptors (Lipinski definition) is 3. The number of hydrogen-bond donors (Lipinski definition) is 2. The lowest BCUT2D eigenvalue weighted by Gasteiger charge is -2.01. The molecule has 5 heteroatoms. The molecular formula is C10H10N4O. The Hall–Kier alpha value is -2.30. The van der Waals surface area contributed by atoms with Crippen LogP contribution < -0.4 is 11.1 Å². The average Bonchev–Trinajstić information content (AvgIpc) is 2.55. The van der Waals surface area contributed by atoms with Crippen molar-refractivity contribution in [2.75, 3.05) is 0 Å². The summed E-state index contributed by atoms with van der Waals surface area (Å²) in [6.07, 6.45) is 10.8. The van der Waals surface area contributed by atoms with Gasteiger partial charge in [0.1, 0.15) is 5.69 Å². The Balaban J connectivity index is 2.29. The largest absolute Gasteiger partial charge is 0.360 e. The van der Waals surface area contributed by atoms with Gasteiger partial charge in [-0.15, -0.1) is 0 Å². The number of primary amides is 1. The third-order valence-electron chi connectivity index (χ3n) is 1.91. The number of rotatable bonds is 1. The topological polar surface area (TPSA) is 72.9 Å². The highest BCUT2D eigenvalue weighted by Gasteiger charge is 2.06. The Morgan fingerprint density at radius 2 is 2.27 bits per heavy atom.